The van der Waals surface area contributed by atoms with Crippen LogP contribution in [0.1, 0.15) is 12.0 Å². The van der Waals surface area contributed by atoms with E-state index in [4.69, 9.17) is 32.7 Å². The number of pyridine rings is 1. The van der Waals surface area contributed by atoms with E-state index in [1.54, 1.807) is 17.8 Å². The van der Waals surface area contributed by atoms with Crippen molar-refractivity contribution in [3.8, 4) is 17.2 Å². The topological polar surface area (TPSA) is 94.6 Å². The monoisotopic (exact) mass is 592 g/mol. The van der Waals surface area contributed by atoms with Crippen molar-refractivity contribution in [3.05, 3.63) is 58.7 Å². The molecule has 0 spiro atoms. The van der Waals surface area contributed by atoms with E-state index in [0.717, 1.165) is 25.1 Å². The molecule has 208 valence electrons. The van der Waals surface area contributed by atoms with Crippen molar-refractivity contribution in [1.82, 2.24) is 34.0 Å². The van der Waals surface area contributed by atoms with Gasteiger partial charge in [0, 0.05) is 44.3 Å². The Balaban J connectivity index is 1.32. The molecule has 6 rings (SSSR count). The smallest absolute Gasteiger partial charge is 0.416 e. The van der Waals surface area contributed by atoms with Crippen LogP contribution in [0.4, 0.5) is 24.8 Å². The van der Waals surface area contributed by atoms with Crippen LogP contribution in [0, 0.1) is 0 Å². The van der Waals surface area contributed by atoms with E-state index >= 15 is 0 Å². The van der Waals surface area contributed by atoms with E-state index in [-0.39, 0.29) is 45.1 Å². The molecule has 0 radical (unpaired) electrons. The minimum Gasteiger partial charge on any atom is -0.489 e. The molecule has 1 atom stereocenters. The van der Waals surface area contributed by atoms with Gasteiger partial charge in [0.15, 0.2) is 22.3 Å². The second kappa shape index (κ2) is 9.98. The number of nitrogens with one attached hydrogen (secondary N) is 1. The van der Waals surface area contributed by atoms with Crippen LogP contribution >= 0.6 is 23.2 Å². The van der Waals surface area contributed by atoms with Gasteiger partial charge in [0.1, 0.15) is 27.9 Å². The number of aryl methyl sites for hydroxylation is 1. The predicted molar refractivity (Wildman–Crippen MR) is 143 cm³/mol. The lowest BCUT2D eigenvalue weighted by Gasteiger charge is -2.17. The maximum Gasteiger partial charge on any atom is 0.416 e. The number of halogens is 5. The van der Waals surface area contributed by atoms with Gasteiger partial charge >= 0.3 is 6.18 Å². The number of ether oxygens (including phenoxy) is 2. The summed E-state index contributed by atoms with van der Waals surface area (Å²) in [5.41, 5.74) is 0.417. The van der Waals surface area contributed by atoms with E-state index in [1.165, 1.54) is 29.2 Å². The molecule has 0 aliphatic carbocycles. The zero-order chi connectivity index (χ0) is 28.2. The molecule has 1 aromatic carbocycles. The highest BCUT2D eigenvalue weighted by Gasteiger charge is 2.32. The van der Waals surface area contributed by atoms with Gasteiger partial charge in [-0.05, 0) is 25.6 Å². The van der Waals surface area contributed by atoms with Gasteiger partial charge in [-0.1, -0.05) is 23.2 Å². The van der Waals surface area contributed by atoms with Crippen molar-refractivity contribution in [2.24, 2.45) is 7.05 Å². The van der Waals surface area contributed by atoms with E-state index in [1.807, 2.05) is 7.05 Å². The fourth-order valence-corrected chi connectivity index (χ4v) is 5.12. The number of hydrogen-bond donors (Lipinski definition) is 1. The molecule has 0 bridgehead atoms. The Labute approximate surface area is 235 Å². The Hall–Kier alpha value is -3.81. The third-order valence-electron chi connectivity index (χ3n) is 6.52. The lowest BCUT2D eigenvalue weighted by Crippen LogP contribution is -2.21. The number of likely N-dealkylation sites (tertiary alicyclic amines) is 1. The number of anilines is 2. The minimum absolute atomic E-state index is 0.116. The van der Waals surface area contributed by atoms with Gasteiger partial charge in [-0.25, -0.2) is 14.5 Å². The molecule has 1 aliphatic rings. The van der Waals surface area contributed by atoms with Crippen LogP contribution in [0.5, 0.6) is 17.2 Å². The molecule has 1 N–H and O–H groups in total. The summed E-state index contributed by atoms with van der Waals surface area (Å²) in [6, 6.07) is 3.52. The van der Waals surface area contributed by atoms with Gasteiger partial charge in [-0.3, -0.25) is 0 Å². The number of aromatic nitrogens is 6. The lowest BCUT2D eigenvalue weighted by molar-refractivity contribution is -0.137. The highest BCUT2D eigenvalue weighted by atomic mass is 35.5. The number of rotatable bonds is 6. The van der Waals surface area contributed by atoms with Crippen molar-refractivity contribution in [3.63, 3.8) is 0 Å². The molecule has 0 amide bonds. The second-order valence-electron chi connectivity index (χ2n) is 9.38. The first-order chi connectivity index (χ1) is 19.1. The standard InChI is InChI=1S/C25H21Cl2F3N8O2/c1-36-5-3-15(12-36)39-16-8-13(25(28,29)30)7-14(9-16)34-24-35-23-21(37(24)2)19(26)17(10-32-23)40-18-11-33-38-6-4-31-22(27)20(18)38/h4,6-11,15H,3,5,12H2,1-2H3,(H,32,34,35)/t15-/m1/s1. The number of benzene rings is 1. The van der Waals surface area contributed by atoms with Crippen molar-refractivity contribution < 1.29 is 22.6 Å². The Morgan fingerprint density at radius 1 is 1.05 bits per heavy atom. The molecule has 1 aliphatic heterocycles. The summed E-state index contributed by atoms with van der Waals surface area (Å²) in [5, 5.41) is 7.52. The maximum atomic E-state index is 13.7. The zero-order valence-corrected chi connectivity index (χ0v) is 22.6. The third-order valence-corrected chi connectivity index (χ3v) is 7.16. The molecule has 5 heterocycles. The molecule has 10 nitrogen and oxygen atoms in total. The number of alkyl halides is 3. The van der Waals surface area contributed by atoms with E-state index in [2.05, 4.69) is 30.3 Å². The quantitative estimate of drug-likeness (QED) is 0.258. The van der Waals surface area contributed by atoms with Crippen LogP contribution in [0.25, 0.3) is 16.7 Å². The third kappa shape index (κ3) is 4.95. The van der Waals surface area contributed by atoms with Crippen molar-refractivity contribution >= 4 is 51.5 Å². The summed E-state index contributed by atoms with van der Waals surface area (Å²) in [4.78, 5) is 14.9. The Bertz CT molecular complexity index is 1740. The van der Waals surface area contributed by atoms with E-state index in [0.29, 0.717) is 23.3 Å². The van der Waals surface area contributed by atoms with Gasteiger partial charge < -0.3 is 24.3 Å². The molecule has 1 saturated heterocycles. The van der Waals surface area contributed by atoms with Crippen LogP contribution in [0.2, 0.25) is 10.2 Å². The molecule has 0 unspecified atom stereocenters. The number of hydrogen-bond acceptors (Lipinski definition) is 8. The van der Waals surface area contributed by atoms with Crippen LogP contribution in [-0.2, 0) is 13.2 Å². The maximum absolute atomic E-state index is 13.7. The first-order valence-electron chi connectivity index (χ1n) is 12.1. The van der Waals surface area contributed by atoms with E-state index < -0.39 is 11.7 Å². The van der Waals surface area contributed by atoms with Crippen LogP contribution in [-0.4, -0.2) is 60.3 Å². The van der Waals surface area contributed by atoms with Crippen molar-refractivity contribution in [2.45, 2.75) is 18.7 Å². The summed E-state index contributed by atoms with van der Waals surface area (Å²) in [6.07, 6.45) is 1.95. The van der Waals surface area contributed by atoms with Gasteiger partial charge in [0.05, 0.1) is 18.0 Å². The first kappa shape index (κ1) is 26.4. The van der Waals surface area contributed by atoms with Gasteiger partial charge in [-0.2, -0.15) is 23.3 Å². The molecule has 40 heavy (non-hydrogen) atoms. The highest BCUT2D eigenvalue weighted by molar-refractivity contribution is 6.36. The largest absolute Gasteiger partial charge is 0.489 e. The molecular weight excluding hydrogens is 572 g/mol. The van der Waals surface area contributed by atoms with Crippen LogP contribution in [0.15, 0.2) is 43.0 Å². The highest BCUT2D eigenvalue weighted by Crippen LogP contribution is 2.39. The Kier molecular flexibility index (Phi) is 6.59. The molecule has 15 heteroatoms. The van der Waals surface area contributed by atoms with E-state index in [9.17, 15) is 13.2 Å². The van der Waals surface area contributed by atoms with Gasteiger partial charge in [-0.15, -0.1) is 0 Å². The molecule has 4 aromatic heterocycles. The Morgan fingerprint density at radius 2 is 1.88 bits per heavy atom. The van der Waals surface area contributed by atoms with Crippen LogP contribution in [0.3, 0.4) is 0 Å². The first-order valence-corrected chi connectivity index (χ1v) is 12.8. The van der Waals surface area contributed by atoms with Crippen molar-refractivity contribution in [2.75, 3.05) is 25.5 Å². The number of imidazole rings is 1. The summed E-state index contributed by atoms with van der Waals surface area (Å²) in [7, 11) is 3.60. The molecule has 1 fully saturated rings. The minimum atomic E-state index is -4.57. The fraction of sp³-hybridized carbons (Fsp3) is 0.280. The average Bonchev–Trinajstić information content (AvgIpc) is 3.58. The molecule has 0 saturated carbocycles. The predicted octanol–water partition coefficient (Wildman–Crippen LogP) is 5.96. The number of likely N-dealkylation sites (N-methyl/N-ethyl adjacent to an activating group) is 1. The SMILES string of the molecule is CN1CC[C@@H](Oc2cc(Nc3nc4ncc(Oc5cnn6ccnc(Cl)c56)c(Cl)c4n3C)cc(C(F)(F)F)c2)C1. The summed E-state index contributed by atoms with van der Waals surface area (Å²) < 4.78 is 56.1. The summed E-state index contributed by atoms with van der Waals surface area (Å²) >= 11 is 12.9. The van der Waals surface area contributed by atoms with Gasteiger partial charge in [0.25, 0.3) is 0 Å². The number of fused-ring (bicyclic) bond motifs is 2. The lowest BCUT2D eigenvalue weighted by atomic mass is 10.1. The Morgan fingerprint density at radius 3 is 2.62 bits per heavy atom. The normalized spacial score (nSPS) is 16.2. The molecule has 5 aromatic rings. The molecular formula is C25H21Cl2F3N8O2. The fourth-order valence-electron chi connectivity index (χ4n) is 4.58. The second-order valence-corrected chi connectivity index (χ2v) is 10.1. The van der Waals surface area contributed by atoms with Crippen LogP contribution < -0.4 is 14.8 Å². The average molecular weight is 593 g/mol. The van der Waals surface area contributed by atoms with Gasteiger partial charge in [0.2, 0.25) is 5.95 Å². The summed E-state index contributed by atoms with van der Waals surface area (Å²) in [6.45, 7) is 1.45. The van der Waals surface area contributed by atoms with Crippen molar-refractivity contribution in [1.29, 1.82) is 0 Å². The number of nitrogens with zero attached hydrogens (tertiary/aromatic N) is 7. The zero-order valence-electron chi connectivity index (χ0n) is 21.1. The summed E-state index contributed by atoms with van der Waals surface area (Å²) in [5.74, 6) is 0.849.